The number of ether oxygens (including phenoxy) is 1. The summed E-state index contributed by atoms with van der Waals surface area (Å²) in [5.74, 6) is 0.675. The van der Waals surface area contributed by atoms with E-state index in [1.165, 1.54) is 11.1 Å². The van der Waals surface area contributed by atoms with Gasteiger partial charge in [-0.3, -0.25) is 0 Å². The van der Waals surface area contributed by atoms with Gasteiger partial charge in [-0.15, -0.1) is 0 Å². The molecule has 1 atom stereocenters. The lowest BCUT2D eigenvalue weighted by molar-refractivity contribution is 0.270. The van der Waals surface area contributed by atoms with Gasteiger partial charge in [0.25, 0.3) is 0 Å². The normalized spacial score (nSPS) is 11.4. The molecule has 0 amide bonds. The summed E-state index contributed by atoms with van der Waals surface area (Å²) >= 11 is 0. The summed E-state index contributed by atoms with van der Waals surface area (Å²) in [6, 6.07) is 26.9. The number of rotatable bonds is 8. The smallest absolute Gasteiger partial charge is 0.111 e. The van der Waals surface area contributed by atoms with Crippen molar-refractivity contribution in [2.45, 2.75) is 13.0 Å². The van der Waals surface area contributed by atoms with Crippen LogP contribution in [0.5, 0.6) is 0 Å². The summed E-state index contributed by atoms with van der Waals surface area (Å²) in [6.45, 7) is 14.5. The van der Waals surface area contributed by atoms with E-state index in [4.69, 9.17) is 4.74 Å². The van der Waals surface area contributed by atoms with E-state index in [9.17, 15) is 0 Å². The Hall–Kier alpha value is -3.52. The molecule has 0 aliphatic heterocycles. The van der Waals surface area contributed by atoms with Crippen LogP contribution in [-0.4, -0.2) is 13.2 Å². The lowest BCUT2D eigenvalue weighted by Gasteiger charge is -2.34. The Bertz CT molecular complexity index is 1000. The van der Waals surface area contributed by atoms with E-state index in [2.05, 4.69) is 74.0 Å². The predicted molar refractivity (Wildman–Crippen MR) is 126 cm³/mol. The summed E-state index contributed by atoms with van der Waals surface area (Å²) in [7, 11) is 1.65. The molecule has 0 saturated heterocycles. The molecule has 3 aromatic carbocycles. The minimum absolute atomic E-state index is 0.0899. The van der Waals surface area contributed by atoms with Crippen LogP contribution in [0, 0.1) is 0 Å². The Balaban J connectivity index is 2.03. The molecule has 0 aliphatic rings. The standard InChI is InChI=1S/C27H27NO/c1-6-23-12-10-11-15-27(23)21(3)28(20(2)22(4)29-5)26-18-16-25(17-19-26)24-13-8-7-9-14-24/h6-20H,1,3-4H2,2,5H3. The van der Waals surface area contributed by atoms with E-state index < -0.39 is 0 Å². The van der Waals surface area contributed by atoms with Gasteiger partial charge in [-0.05, 0) is 35.7 Å². The monoisotopic (exact) mass is 381 g/mol. The maximum atomic E-state index is 5.45. The summed E-state index contributed by atoms with van der Waals surface area (Å²) in [5, 5.41) is 0. The molecule has 29 heavy (non-hydrogen) atoms. The Kier molecular flexibility index (Phi) is 6.36. The minimum Gasteiger partial charge on any atom is -0.500 e. The molecular formula is C27H27NO. The zero-order chi connectivity index (χ0) is 20.8. The average molecular weight is 382 g/mol. The van der Waals surface area contributed by atoms with Crippen molar-refractivity contribution >= 4 is 17.5 Å². The van der Waals surface area contributed by atoms with Gasteiger partial charge in [0.1, 0.15) is 5.76 Å². The van der Waals surface area contributed by atoms with Crippen LogP contribution in [-0.2, 0) is 4.74 Å². The molecular weight excluding hydrogens is 354 g/mol. The molecule has 0 fully saturated rings. The molecule has 0 bridgehead atoms. The van der Waals surface area contributed by atoms with E-state index in [1.54, 1.807) is 7.11 Å². The van der Waals surface area contributed by atoms with Crippen LogP contribution in [0.1, 0.15) is 18.1 Å². The van der Waals surface area contributed by atoms with Gasteiger partial charge in [-0.1, -0.05) is 92.5 Å². The minimum atomic E-state index is -0.0899. The van der Waals surface area contributed by atoms with Crippen molar-refractivity contribution in [3.8, 4) is 11.1 Å². The number of nitrogens with zero attached hydrogens (tertiary/aromatic N) is 1. The SMILES string of the molecule is C=Cc1ccccc1C(=C)N(c1ccc(-c2ccccc2)cc1)C(C)C(=C)OC. The van der Waals surface area contributed by atoms with E-state index >= 15 is 0 Å². The van der Waals surface area contributed by atoms with Crippen molar-refractivity contribution in [2.24, 2.45) is 0 Å². The van der Waals surface area contributed by atoms with Crippen molar-refractivity contribution in [3.05, 3.63) is 115 Å². The largest absolute Gasteiger partial charge is 0.500 e. The Morgan fingerprint density at radius 1 is 0.862 bits per heavy atom. The van der Waals surface area contributed by atoms with Crippen LogP contribution < -0.4 is 4.90 Å². The Morgan fingerprint density at radius 3 is 2.07 bits per heavy atom. The second-order valence-electron chi connectivity index (χ2n) is 6.87. The van der Waals surface area contributed by atoms with Crippen molar-refractivity contribution in [1.29, 1.82) is 0 Å². The molecule has 0 heterocycles. The van der Waals surface area contributed by atoms with Gasteiger partial charge in [0.2, 0.25) is 0 Å². The maximum Gasteiger partial charge on any atom is 0.111 e. The second-order valence-corrected chi connectivity index (χ2v) is 6.87. The molecule has 0 saturated carbocycles. The first-order chi connectivity index (χ1) is 14.1. The molecule has 0 radical (unpaired) electrons. The van der Waals surface area contributed by atoms with E-state index in [1.807, 2.05) is 42.5 Å². The van der Waals surface area contributed by atoms with E-state index in [-0.39, 0.29) is 6.04 Å². The third-order valence-electron chi connectivity index (χ3n) is 5.15. The summed E-state index contributed by atoms with van der Waals surface area (Å²) in [4.78, 5) is 2.16. The van der Waals surface area contributed by atoms with Crippen LogP contribution >= 0.6 is 0 Å². The van der Waals surface area contributed by atoms with Gasteiger partial charge in [-0.25, -0.2) is 0 Å². The maximum absolute atomic E-state index is 5.45. The lowest BCUT2D eigenvalue weighted by Crippen LogP contribution is -2.33. The first kappa shape index (κ1) is 20.2. The highest BCUT2D eigenvalue weighted by Gasteiger charge is 2.23. The molecule has 3 aromatic rings. The van der Waals surface area contributed by atoms with Crippen LogP contribution in [0.4, 0.5) is 5.69 Å². The van der Waals surface area contributed by atoms with E-state index in [0.29, 0.717) is 5.76 Å². The number of methoxy groups -OCH3 is 1. The van der Waals surface area contributed by atoms with Gasteiger partial charge in [0, 0.05) is 16.9 Å². The zero-order valence-electron chi connectivity index (χ0n) is 17.1. The third kappa shape index (κ3) is 4.33. The lowest BCUT2D eigenvalue weighted by atomic mass is 10.0. The van der Waals surface area contributed by atoms with Crippen molar-refractivity contribution < 1.29 is 4.74 Å². The Labute approximate surface area is 174 Å². The quantitative estimate of drug-likeness (QED) is 0.389. The summed E-state index contributed by atoms with van der Waals surface area (Å²) < 4.78 is 5.45. The molecule has 0 N–H and O–H groups in total. The van der Waals surface area contributed by atoms with Gasteiger partial charge in [0.05, 0.1) is 13.2 Å². The molecule has 0 aliphatic carbocycles. The van der Waals surface area contributed by atoms with Gasteiger partial charge >= 0.3 is 0 Å². The van der Waals surface area contributed by atoms with Crippen LogP contribution in [0.3, 0.4) is 0 Å². The zero-order valence-corrected chi connectivity index (χ0v) is 17.1. The Morgan fingerprint density at radius 2 is 1.45 bits per heavy atom. The van der Waals surface area contributed by atoms with Crippen LogP contribution in [0.2, 0.25) is 0 Å². The van der Waals surface area contributed by atoms with Crippen LogP contribution in [0.15, 0.2) is 104 Å². The van der Waals surface area contributed by atoms with E-state index in [0.717, 1.165) is 22.5 Å². The van der Waals surface area contributed by atoms with Crippen molar-refractivity contribution in [2.75, 3.05) is 12.0 Å². The van der Waals surface area contributed by atoms with Gasteiger partial charge in [0.15, 0.2) is 0 Å². The third-order valence-corrected chi connectivity index (χ3v) is 5.15. The number of benzene rings is 3. The molecule has 3 rings (SSSR count). The summed E-state index contributed by atoms with van der Waals surface area (Å²) in [5.41, 5.74) is 6.34. The van der Waals surface area contributed by atoms with Gasteiger partial charge < -0.3 is 9.64 Å². The second kappa shape index (κ2) is 9.11. The molecule has 2 heteroatoms. The fraction of sp³-hybridized carbons (Fsp3) is 0.111. The molecule has 2 nitrogen and oxygen atoms in total. The fourth-order valence-electron chi connectivity index (χ4n) is 3.44. The number of anilines is 1. The van der Waals surface area contributed by atoms with Crippen molar-refractivity contribution in [1.82, 2.24) is 0 Å². The summed E-state index contributed by atoms with van der Waals surface area (Å²) in [6.07, 6.45) is 1.85. The molecule has 146 valence electrons. The molecule has 1 unspecified atom stereocenters. The first-order valence-corrected chi connectivity index (χ1v) is 9.65. The van der Waals surface area contributed by atoms with Gasteiger partial charge in [-0.2, -0.15) is 0 Å². The predicted octanol–water partition coefficient (Wildman–Crippen LogP) is 7.02. The fourth-order valence-corrected chi connectivity index (χ4v) is 3.44. The van der Waals surface area contributed by atoms with Crippen molar-refractivity contribution in [3.63, 3.8) is 0 Å². The highest BCUT2D eigenvalue weighted by atomic mass is 16.5. The average Bonchev–Trinajstić information content (AvgIpc) is 2.79. The molecule has 0 spiro atoms. The highest BCUT2D eigenvalue weighted by molar-refractivity contribution is 5.84. The first-order valence-electron chi connectivity index (χ1n) is 9.65. The number of hydrogen-bond acceptors (Lipinski definition) is 2. The van der Waals surface area contributed by atoms with Crippen LogP contribution in [0.25, 0.3) is 22.9 Å². The molecule has 0 aromatic heterocycles. The number of hydrogen-bond donors (Lipinski definition) is 0. The highest BCUT2D eigenvalue weighted by Crippen LogP contribution is 2.33. The topological polar surface area (TPSA) is 12.5 Å².